The summed E-state index contributed by atoms with van der Waals surface area (Å²) in [5.74, 6) is 0. The molecule has 0 N–H and O–H groups in total. The van der Waals surface area contributed by atoms with E-state index in [1.165, 1.54) is 0 Å². The summed E-state index contributed by atoms with van der Waals surface area (Å²) in [7, 11) is 0. The third kappa shape index (κ3) is 1.96. The summed E-state index contributed by atoms with van der Waals surface area (Å²) in [4.78, 5) is 8.28. The van der Waals surface area contributed by atoms with Crippen LogP contribution in [0.5, 0.6) is 0 Å². The number of rotatable bonds is 1. The zero-order valence-electron chi connectivity index (χ0n) is 7.98. The summed E-state index contributed by atoms with van der Waals surface area (Å²) in [6, 6.07) is 1.80. The third-order valence-electron chi connectivity index (χ3n) is 2.17. The van der Waals surface area contributed by atoms with Crippen molar-refractivity contribution in [2.45, 2.75) is 6.92 Å². The maximum Gasteiger partial charge on any atom is 0.129 e. The largest absolute Gasteiger partial charge is 0.260 e. The van der Waals surface area contributed by atoms with Crippen LogP contribution >= 0.6 is 24.4 Å². The normalized spacial score (nSPS) is 11.4. The van der Waals surface area contributed by atoms with Gasteiger partial charge in [-0.05, 0) is 31.2 Å². The second-order valence-electron chi connectivity index (χ2n) is 3.10. The van der Waals surface area contributed by atoms with Gasteiger partial charge in [0.15, 0.2) is 0 Å². The fourth-order valence-electron chi connectivity index (χ4n) is 1.43. The molecule has 5 heteroatoms. The van der Waals surface area contributed by atoms with Crippen LogP contribution in [0.15, 0.2) is 22.9 Å². The van der Waals surface area contributed by atoms with E-state index in [1.807, 2.05) is 6.92 Å². The number of fused-ring (bicyclic) bond motifs is 1. The molecule has 76 valence electrons. The fourth-order valence-corrected chi connectivity index (χ4v) is 1.71. The molecular formula is C10H8ClN3S. The SMILES string of the molecule is Cc1ncc(/C=N/S)c2cc(Cl)ncc12. The molecule has 0 aliphatic carbocycles. The quantitative estimate of drug-likeness (QED) is 0.471. The van der Waals surface area contributed by atoms with Crippen LogP contribution in [0.4, 0.5) is 0 Å². The summed E-state index contributed by atoms with van der Waals surface area (Å²) >= 11 is 9.65. The molecule has 0 saturated heterocycles. The van der Waals surface area contributed by atoms with E-state index in [2.05, 4.69) is 27.2 Å². The van der Waals surface area contributed by atoms with Gasteiger partial charge in [-0.1, -0.05) is 11.6 Å². The predicted octanol–water partition coefficient (Wildman–Crippen LogP) is 2.86. The summed E-state index contributed by atoms with van der Waals surface area (Å²) in [6.07, 6.45) is 5.10. The highest BCUT2D eigenvalue weighted by Crippen LogP contribution is 2.21. The van der Waals surface area contributed by atoms with Crippen molar-refractivity contribution in [2.24, 2.45) is 4.40 Å². The Bertz CT molecular complexity index is 539. The van der Waals surface area contributed by atoms with Crippen molar-refractivity contribution in [1.82, 2.24) is 9.97 Å². The van der Waals surface area contributed by atoms with E-state index in [-0.39, 0.29) is 0 Å². The van der Waals surface area contributed by atoms with E-state index in [0.29, 0.717) is 5.15 Å². The molecule has 3 nitrogen and oxygen atoms in total. The maximum atomic E-state index is 5.85. The molecule has 0 aromatic carbocycles. The molecule has 0 saturated carbocycles. The van der Waals surface area contributed by atoms with Gasteiger partial charge in [-0.3, -0.25) is 4.98 Å². The van der Waals surface area contributed by atoms with Gasteiger partial charge >= 0.3 is 0 Å². The summed E-state index contributed by atoms with van der Waals surface area (Å²) < 4.78 is 3.68. The van der Waals surface area contributed by atoms with Crippen LogP contribution < -0.4 is 0 Å². The highest BCUT2D eigenvalue weighted by Gasteiger charge is 2.04. The lowest BCUT2D eigenvalue weighted by molar-refractivity contribution is 1.22. The second-order valence-corrected chi connectivity index (χ2v) is 3.71. The van der Waals surface area contributed by atoms with Gasteiger partial charge in [0.1, 0.15) is 5.15 Å². The van der Waals surface area contributed by atoms with Crippen molar-refractivity contribution in [3.05, 3.63) is 34.9 Å². The predicted molar refractivity (Wildman–Crippen MR) is 65.9 cm³/mol. The van der Waals surface area contributed by atoms with E-state index in [9.17, 15) is 0 Å². The van der Waals surface area contributed by atoms with Crippen molar-refractivity contribution in [3.8, 4) is 0 Å². The standard InChI is InChI=1S/C10H8ClN3S/c1-6-9-5-13-10(11)2-8(9)7(3-12-6)4-14-15/h2-5,15H,1H3/b14-4+. The number of aromatic nitrogens is 2. The first-order valence-electron chi connectivity index (χ1n) is 4.30. The zero-order chi connectivity index (χ0) is 10.8. The zero-order valence-corrected chi connectivity index (χ0v) is 9.63. The Morgan fingerprint density at radius 1 is 1.33 bits per heavy atom. The highest BCUT2D eigenvalue weighted by molar-refractivity contribution is 7.79. The minimum atomic E-state index is 0.460. The summed E-state index contributed by atoms with van der Waals surface area (Å²) in [5.41, 5.74) is 1.81. The second kappa shape index (κ2) is 4.16. The van der Waals surface area contributed by atoms with Gasteiger partial charge in [-0.2, -0.15) is 0 Å². The number of aryl methyl sites for hydroxylation is 1. The molecule has 0 aliphatic heterocycles. The molecule has 0 bridgehead atoms. The Hall–Kier alpha value is -1.13. The monoisotopic (exact) mass is 237 g/mol. The van der Waals surface area contributed by atoms with Crippen molar-refractivity contribution >= 4 is 41.4 Å². The average Bonchev–Trinajstić information content (AvgIpc) is 2.22. The van der Waals surface area contributed by atoms with E-state index < -0.39 is 0 Å². The minimum absolute atomic E-state index is 0.460. The molecule has 2 aromatic heterocycles. The van der Waals surface area contributed by atoms with Gasteiger partial charge in [0.25, 0.3) is 0 Å². The van der Waals surface area contributed by atoms with Gasteiger partial charge in [-0.25, -0.2) is 9.38 Å². The van der Waals surface area contributed by atoms with Gasteiger partial charge in [0, 0.05) is 35.3 Å². The van der Waals surface area contributed by atoms with Crippen molar-refractivity contribution < 1.29 is 0 Å². The van der Waals surface area contributed by atoms with Crippen molar-refractivity contribution in [3.63, 3.8) is 0 Å². The summed E-state index contributed by atoms with van der Waals surface area (Å²) in [5, 5.41) is 2.42. The molecule has 2 aromatic rings. The van der Waals surface area contributed by atoms with E-state index in [1.54, 1.807) is 24.7 Å². The molecule has 0 aliphatic rings. The number of thiol groups is 1. The lowest BCUT2D eigenvalue weighted by Gasteiger charge is -2.04. The number of hydrogen-bond acceptors (Lipinski definition) is 4. The Morgan fingerprint density at radius 2 is 2.13 bits per heavy atom. The van der Waals surface area contributed by atoms with Crippen LogP contribution in [-0.2, 0) is 0 Å². The molecule has 0 atom stereocenters. The number of hydrogen-bond donors (Lipinski definition) is 1. The molecule has 0 amide bonds. The lowest BCUT2D eigenvalue weighted by atomic mass is 10.1. The molecule has 15 heavy (non-hydrogen) atoms. The Morgan fingerprint density at radius 3 is 2.87 bits per heavy atom. The minimum Gasteiger partial charge on any atom is -0.260 e. The number of nitrogens with zero attached hydrogens (tertiary/aromatic N) is 3. The van der Waals surface area contributed by atoms with Gasteiger partial charge in [0.2, 0.25) is 0 Å². The average molecular weight is 238 g/mol. The van der Waals surface area contributed by atoms with Crippen LogP contribution in [-0.4, -0.2) is 16.2 Å². The Kier molecular flexibility index (Phi) is 2.88. The van der Waals surface area contributed by atoms with Crippen molar-refractivity contribution in [1.29, 1.82) is 0 Å². The van der Waals surface area contributed by atoms with Crippen LogP contribution in [0, 0.1) is 6.92 Å². The number of halogens is 1. The molecule has 0 fully saturated rings. The molecular weight excluding hydrogens is 230 g/mol. The van der Waals surface area contributed by atoms with Crippen LogP contribution in [0.3, 0.4) is 0 Å². The number of pyridine rings is 2. The van der Waals surface area contributed by atoms with Gasteiger partial charge in [0.05, 0.1) is 0 Å². The van der Waals surface area contributed by atoms with Crippen molar-refractivity contribution in [2.75, 3.05) is 0 Å². The molecule has 2 rings (SSSR count). The first kappa shape index (κ1) is 10.4. The Balaban J connectivity index is 2.83. The third-order valence-corrected chi connectivity index (χ3v) is 2.49. The molecule has 0 unspecified atom stereocenters. The first-order chi connectivity index (χ1) is 7.22. The van der Waals surface area contributed by atoms with Crippen LogP contribution in [0.2, 0.25) is 5.15 Å². The topological polar surface area (TPSA) is 38.1 Å². The van der Waals surface area contributed by atoms with Gasteiger partial charge in [-0.15, -0.1) is 0 Å². The fraction of sp³-hybridized carbons (Fsp3) is 0.100. The van der Waals surface area contributed by atoms with E-state index in [4.69, 9.17) is 11.6 Å². The molecule has 2 heterocycles. The summed E-state index contributed by atoms with van der Waals surface area (Å²) in [6.45, 7) is 1.93. The van der Waals surface area contributed by atoms with E-state index >= 15 is 0 Å². The van der Waals surface area contributed by atoms with Crippen LogP contribution in [0.25, 0.3) is 10.8 Å². The lowest BCUT2D eigenvalue weighted by Crippen LogP contribution is -1.91. The highest BCUT2D eigenvalue weighted by atomic mass is 35.5. The Labute approximate surface area is 97.8 Å². The van der Waals surface area contributed by atoms with Crippen LogP contribution in [0.1, 0.15) is 11.3 Å². The molecule has 0 spiro atoms. The molecule has 0 radical (unpaired) electrons. The van der Waals surface area contributed by atoms with E-state index in [0.717, 1.165) is 22.0 Å². The van der Waals surface area contributed by atoms with Gasteiger partial charge < -0.3 is 0 Å². The first-order valence-corrected chi connectivity index (χ1v) is 5.08. The maximum absolute atomic E-state index is 5.85. The smallest absolute Gasteiger partial charge is 0.129 e.